The van der Waals surface area contributed by atoms with Crippen molar-refractivity contribution in [1.82, 2.24) is 0 Å². The second-order valence-corrected chi connectivity index (χ2v) is 9.99. The van der Waals surface area contributed by atoms with Crippen LogP contribution in [0.4, 0.5) is 0 Å². The van der Waals surface area contributed by atoms with Crippen molar-refractivity contribution < 1.29 is 23.1 Å². The molecule has 2 heterocycles. The maximum atomic E-state index is 12.8. The highest BCUT2D eigenvalue weighted by molar-refractivity contribution is 7.92. The number of benzene rings is 1. The summed E-state index contributed by atoms with van der Waals surface area (Å²) in [6.45, 7) is 0. The molecular weight excluding hydrogens is 384 g/mol. The molecule has 3 rings (SSSR count). The number of carbonyl (C=O) groups is 1. The zero-order valence-electron chi connectivity index (χ0n) is 14.9. The molecule has 1 aliphatic heterocycles. The second kappa shape index (κ2) is 7.75. The Hall–Kier alpha value is -2.30. The minimum atomic E-state index is -3.53. The van der Waals surface area contributed by atoms with Gasteiger partial charge in [0.1, 0.15) is 10.5 Å². The summed E-state index contributed by atoms with van der Waals surface area (Å²) in [6.07, 6.45) is 1.23. The lowest BCUT2D eigenvalue weighted by atomic mass is 9.95. The van der Waals surface area contributed by atoms with Gasteiger partial charge >= 0.3 is 5.97 Å². The van der Waals surface area contributed by atoms with Crippen molar-refractivity contribution in [1.29, 1.82) is 0 Å². The number of methoxy groups -OCH3 is 1. The quantitative estimate of drug-likeness (QED) is 0.790. The molecule has 27 heavy (non-hydrogen) atoms. The molecule has 1 fully saturated rings. The van der Waals surface area contributed by atoms with Crippen LogP contribution in [0.5, 0.6) is 5.75 Å². The summed E-state index contributed by atoms with van der Waals surface area (Å²) in [7, 11) is -1.93. The van der Waals surface area contributed by atoms with Gasteiger partial charge in [0.05, 0.1) is 24.2 Å². The molecule has 142 valence electrons. The van der Waals surface area contributed by atoms with E-state index in [4.69, 9.17) is 4.74 Å². The van der Waals surface area contributed by atoms with Gasteiger partial charge in [0, 0.05) is 10.4 Å². The third-order valence-corrected chi connectivity index (χ3v) is 8.67. The van der Waals surface area contributed by atoms with Gasteiger partial charge in [-0.1, -0.05) is 18.3 Å². The summed E-state index contributed by atoms with van der Waals surface area (Å²) in [5.41, 5.74) is 0.816. The van der Waals surface area contributed by atoms with E-state index >= 15 is 0 Å². The lowest BCUT2D eigenvalue weighted by molar-refractivity contribution is -0.137. The first-order chi connectivity index (χ1) is 12.9. The van der Waals surface area contributed by atoms with Crippen LogP contribution in [0.25, 0.3) is 0 Å². The normalized spacial score (nSPS) is 21.1. The van der Waals surface area contributed by atoms with Crippen molar-refractivity contribution >= 4 is 27.1 Å². The van der Waals surface area contributed by atoms with E-state index in [0.29, 0.717) is 29.0 Å². The molecule has 1 aromatic carbocycles. The number of ether oxygens (including phenoxy) is 1. The topological polar surface area (TPSA) is 80.7 Å². The van der Waals surface area contributed by atoms with E-state index in [2.05, 4.69) is 11.8 Å². The molecule has 0 bridgehead atoms. The van der Waals surface area contributed by atoms with Crippen LogP contribution in [0.15, 0.2) is 36.4 Å². The van der Waals surface area contributed by atoms with Crippen molar-refractivity contribution in [2.75, 3.05) is 12.9 Å². The molecule has 0 radical (unpaired) electrons. The van der Waals surface area contributed by atoms with Crippen LogP contribution >= 0.6 is 11.3 Å². The summed E-state index contributed by atoms with van der Waals surface area (Å²) in [5, 5.41) is 9.33. The minimum absolute atomic E-state index is 0.0328. The first-order valence-electron chi connectivity index (χ1n) is 8.57. The molecule has 0 unspecified atom stereocenters. The van der Waals surface area contributed by atoms with Crippen molar-refractivity contribution in [3.8, 4) is 17.6 Å². The molecule has 0 saturated carbocycles. The van der Waals surface area contributed by atoms with Crippen LogP contribution in [0.3, 0.4) is 0 Å². The average Bonchev–Trinajstić information content (AvgIpc) is 3.11. The summed E-state index contributed by atoms with van der Waals surface area (Å²) in [6, 6.07) is 10.8. The molecule has 0 spiro atoms. The van der Waals surface area contributed by atoms with Crippen molar-refractivity contribution in [2.45, 2.75) is 30.4 Å². The maximum Gasteiger partial charge on any atom is 0.305 e. The second-order valence-electron chi connectivity index (χ2n) is 6.48. The molecular formula is C20H20O5S2. The lowest BCUT2D eigenvalue weighted by Gasteiger charge is -2.34. The number of rotatable bonds is 4. The van der Waals surface area contributed by atoms with Crippen molar-refractivity contribution in [3.05, 3.63) is 51.7 Å². The van der Waals surface area contributed by atoms with Crippen LogP contribution in [-0.4, -0.2) is 32.4 Å². The van der Waals surface area contributed by atoms with E-state index < -0.39 is 27.0 Å². The molecule has 7 heteroatoms. The zero-order chi connectivity index (χ0) is 19.5. The van der Waals surface area contributed by atoms with Gasteiger partial charge in [0.25, 0.3) is 0 Å². The monoisotopic (exact) mass is 404 g/mol. The number of thiophene rings is 1. The first kappa shape index (κ1) is 19.5. The molecule has 1 aliphatic rings. The first-order valence-corrected chi connectivity index (χ1v) is 11.0. The Morgan fingerprint density at radius 2 is 1.93 bits per heavy atom. The number of hydrogen-bond acceptors (Lipinski definition) is 5. The number of aliphatic carboxylic acids is 1. The third kappa shape index (κ3) is 4.02. The Morgan fingerprint density at radius 3 is 2.56 bits per heavy atom. The fraction of sp³-hybridized carbons (Fsp3) is 0.350. The standard InChI is InChI=1S/C20H20O5S2/c1-25-16-7-4-15(5-8-16)6-9-17-10-11-18(26-17)20(14-19(21)22)12-2-3-13-27(20,23)24/h4-5,7-8,10-11H,2-3,12-14H2,1H3,(H,21,22)/t20-/m0/s1. The summed E-state index contributed by atoms with van der Waals surface area (Å²) in [4.78, 5) is 12.7. The average molecular weight is 405 g/mol. The summed E-state index contributed by atoms with van der Waals surface area (Å²) < 4.78 is 29.4. The van der Waals surface area contributed by atoms with E-state index in [1.807, 2.05) is 24.3 Å². The lowest BCUT2D eigenvalue weighted by Crippen LogP contribution is -2.41. The largest absolute Gasteiger partial charge is 0.497 e. The fourth-order valence-corrected chi connectivity index (χ4v) is 6.94. The molecule has 2 aromatic rings. The maximum absolute atomic E-state index is 12.8. The van der Waals surface area contributed by atoms with Gasteiger partial charge in [-0.25, -0.2) is 8.42 Å². The molecule has 0 aliphatic carbocycles. The Labute approximate surface area is 162 Å². The van der Waals surface area contributed by atoms with Crippen LogP contribution in [-0.2, 0) is 19.4 Å². The smallest absolute Gasteiger partial charge is 0.305 e. The van der Waals surface area contributed by atoms with Crippen LogP contribution < -0.4 is 4.74 Å². The van der Waals surface area contributed by atoms with Crippen LogP contribution in [0, 0.1) is 11.8 Å². The summed E-state index contributed by atoms with van der Waals surface area (Å²) >= 11 is 1.27. The van der Waals surface area contributed by atoms with Gasteiger partial charge in [0.15, 0.2) is 9.84 Å². The fourth-order valence-electron chi connectivity index (χ4n) is 3.32. The number of sulfone groups is 1. The van der Waals surface area contributed by atoms with Crippen molar-refractivity contribution in [3.63, 3.8) is 0 Å². The SMILES string of the molecule is COc1ccc(C#Cc2ccc([C@@]3(CC(=O)O)CCCCS3(=O)=O)s2)cc1. The highest BCUT2D eigenvalue weighted by Gasteiger charge is 2.49. The highest BCUT2D eigenvalue weighted by atomic mass is 32.2. The van der Waals surface area contributed by atoms with Crippen LogP contribution in [0.2, 0.25) is 0 Å². The summed E-state index contributed by atoms with van der Waals surface area (Å²) in [5.74, 6) is 5.77. The van der Waals surface area contributed by atoms with Gasteiger partial charge in [-0.2, -0.15) is 0 Å². The van der Waals surface area contributed by atoms with Gasteiger partial charge in [-0.15, -0.1) is 11.3 Å². The van der Waals surface area contributed by atoms with Gasteiger partial charge in [-0.3, -0.25) is 4.79 Å². The van der Waals surface area contributed by atoms with Crippen LogP contribution in [0.1, 0.15) is 41.0 Å². The Morgan fingerprint density at radius 1 is 1.19 bits per heavy atom. The third-order valence-electron chi connectivity index (χ3n) is 4.75. The van der Waals surface area contributed by atoms with E-state index in [9.17, 15) is 18.3 Å². The predicted octanol–water partition coefficient (Wildman–Crippen LogP) is 3.43. The highest BCUT2D eigenvalue weighted by Crippen LogP contribution is 2.45. The predicted molar refractivity (Wildman–Crippen MR) is 105 cm³/mol. The molecule has 1 saturated heterocycles. The number of hydrogen-bond donors (Lipinski definition) is 1. The van der Waals surface area contributed by atoms with E-state index in [1.165, 1.54) is 11.3 Å². The van der Waals surface area contributed by atoms with Gasteiger partial charge in [0.2, 0.25) is 0 Å². The van der Waals surface area contributed by atoms with E-state index in [1.54, 1.807) is 19.2 Å². The number of carboxylic acids is 1. The van der Waals surface area contributed by atoms with Crippen molar-refractivity contribution in [2.24, 2.45) is 0 Å². The molecule has 5 nitrogen and oxygen atoms in total. The Kier molecular flexibility index (Phi) is 5.59. The van der Waals surface area contributed by atoms with Gasteiger partial charge < -0.3 is 9.84 Å². The number of carboxylic acid groups (broad SMARTS) is 1. The Balaban J connectivity index is 1.93. The van der Waals surface area contributed by atoms with Gasteiger partial charge in [-0.05, 0) is 49.2 Å². The minimum Gasteiger partial charge on any atom is -0.497 e. The molecule has 1 aromatic heterocycles. The van der Waals surface area contributed by atoms with E-state index in [0.717, 1.165) is 11.3 Å². The molecule has 1 N–H and O–H groups in total. The van der Waals surface area contributed by atoms with E-state index in [-0.39, 0.29) is 5.75 Å². The molecule has 1 atom stereocenters. The Bertz CT molecular complexity index is 993. The molecule has 0 amide bonds. The zero-order valence-corrected chi connectivity index (χ0v) is 16.5.